The number of amidine groups is 1. The molecule has 1 aliphatic heterocycles. The number of carboxylic acids is 1. The van der Waals surface area contributed by atoms with Gasteiger partial charge in [-0.25, -0.2) is 19.8 Å². The average molecular weight is 366 g/mol. The number of hydrazine groups is 1. The Hall–Kier alpha value is -2.38. The van der Waals surface area contributed by atoms with Gasteiger partial charge in [0.1, 0.15) is 11.7 Å². The van der Waals surface area contributed by atoms with Gasteiger partial charge in [-0.05, 0) is 25.1 Å². The number of aryl methyl sites for hydroxylation is 1. The summed E-state index contributed by atoms with van der Waals surface area (Å²) >= 11 is 12.0. The Kier molecular flexibility index (Phi) is 4.55. The van der Waals surface area contributed by atoms with E-state index >= 15 is 0 Å². The molecular formula is C15H13Cl2N5O2. The lowest BCUT2D eigenvalue weighted by Crippen LogP contribution is -2.33. The molecule has 7 nitrogen and oxygen atoms in total. The first-order valence-electron chi connectivity index (χ1n) is 7.08. The van der Waals surface area contributed by atoms with E-state index in [1.807, 2.05) is 11.1 Å². The smallest absolute Gasteiger partial charge is 0.354 e. The first-order valence-corrected chi connectivity index (χ1v) is 7.84. The summed E-state index contributed by atoms with van der Waals surface area (Å²) in [5.74, 6) is 0.223. The van der Waals surface area contributed by atoms with E-state index in [9.17, 15) is 4.79 Å². The number of nitrogens with one attached hydrogen (secondary N) is 1. The maximum atomic E-state index is 11.1. The summed E-state index contributed by atoms with van der Waals surface area (Å²) < 4.78 is 0. The number of rotatable bonds is 3. The van der Waals surface area contributed by atoms with Crippen LogP contribution in [0.25, 0.3) is 0 Å². The van der Waals surface area contributed by atoms with Gasteiger partial charge in [0, 0.05) is 19.0 Å². The third kappa shape index (κ3) is 3.58. The molecule has 24 heavy (non-hydrogen) atoms. The van der Waals surface area contributed by atoms with Crippen molar-refractivity contribution in [1.82, 2.24) is 15.4 Å². The zero-order valence-electron chi connectivity index (χ0n) is 12.6. The molecule has 0 bridgehead atoms. The van der Waals surface area contributed by atoms with Gasteiger partial charge in [0.2, 0.25) is 0 Å². The number of hydrogen-bond acceptors (Lipinski definition) is 5. The van der Waals surface area contributed by atoms with E-state index in [2.05, 4.69) is 20.4 Å². The Morgan fingerprint density at radius 3 is 2.79 bits per heavy atom. The molecule has 2 heterocycles. The fraction of sp³-hybridized carbons (Fsp3) is 0.200. The molecule has 2 aromatic rings. The quantitative estimate of drug-likeness (QED) is 0.867. The van der Waals surface area contributed by atoms with Gasteiger partial charge in [-0.2, -0.15) is 0 Å². The highest BCUT2D eigenvalue weighted by Crippen LogP contribution is 2.27. The number of nitrogens with zero attached hydrogens (tertiary/aromatic N) is 4. The van der Waals surface area contributed by atoms with Gasteiger partial charge < -0.3 is 5.11 Å². The van der Waals surface area contributed by atoms with Crippen molar-refractivity contribution in [3.63, 3.8) is 0 Å². The molecule has 0 aliphatic carbocycles. The van der Waals surface area contributed by atoms with Gasteiger partial charge in [-0.3, -0.25) is 10.4 Å². The first kappa shape index (κ1) is 16.5. The lowest BCUT2D eigenvalue weighted by atomic mass is 10.3. The van der Waals surface area contributed by atoms with Crippen LogP contribution in [-0.4, -0.2) is 33.4 Å². The van der Waals surface area contributed by atoms with Crippen molar-refractivity contribution in [1.29, 1.82) is 0 Å². The minimum atomic E-state index is -1.11. The van der Waals surface area contributed by atoms with E-state index < -0.39 is 5.97 Å². The zero-order chi connectivity index (χ0) is 17.3. The summed E-state index contributed by atoms with van der Waals surface area (Å²) in [7, 11) is 0. The van der Waals surface area contributed by atoms with E-state index in [0.717, 1.165) is 5.69 Å². The third-order valence-electron chi connectivity index (χ3n) is 3.34. The number of aliphatic imine (C=N–C) groups is 1. The van der Waals surface area contributed by atoms with E-state index in [4.69, 9.17) is 28.3 Å². The number of aromatic carboxylic acids is 1. The molecule has 1 aromatic carbocycles. The lowest BCUT2D eigenvalue weighted by molar-refractivity contribution is 0.0690. The zero-order valence-corrected chi connectivity index (χ0v) is 14.1. The van der Waals surface area contributed by atoms with E-state index in [1.54, 1.807) is 19.1 Å². The standard InChI is InChI=1S/C15H13Cl2N5O2/c1-8-18-12(15(23)24)7-14(19-8)20-13-4-5-22(21-13)9-2-3-10(16)11(17)6-9/h2-3,6-7H,4-5H2,1H3,(H,23,24)(H,18,19,20,21). The maximum Gasteiger partial charge on any atom is 0.354 e. The Morgan fingerprint density at radius 2 is 2.08 bits per heavy atom. The van der Waals surface area contributed by atoms with Crippen molar-refractivity contribution in [3.05, 3.63) is 45.8 Å². The van der Waals surface area contributed by atoms with Crippen LogP contribution in [0.5, 0.6) is 0 Å². The van der Waals surface area contributed by atoms with Crippen LogP contribution in [-0.2, 0) is 0 Å². The minimum absolute atomic E-state index is 0.0822. The maximum absolute atomic E-state index is 11.1. The predicted octanol–water partition coefficient (Wildman–Crippen LogP) is 3.23. The molecule has 0 spiro atoms. The highest BCUT2D eigenvalue weighted by molar-refractivity contribution is 6.42. The Balaban J connectivity index is 1.81. The van der Waals surface area contributed by atoms with Crippen molar-refractivity contribution in [2.75, 3.05) is 11.6 Å². The van der Waals surface area contributed by atoms with Crippen LogP contribution in [0.15, 0.2) is 29.3 Å². The van der Waals surface area contributed by atoms with Crippen LogP contribution in [0, 0.1) is 6.92 Å². The number of benzene rings is 1. The van der Waals surface area contributed by atoms with Gasteiger partial charge >= 0.3 is 5.97 Å². The fourth-order valence-electron chi connectivity index (χ4n) is 2.27. The number of carbonyl (C=O) groups is 1. The molecule has 1 fully saturated rings. The van der Waals surface area contributed by atoms with Crippen LogP contribution in [0.2, 0.25) is 10.0 Å². The molecule has 1 saturated heterocycles. The lowest BCUT2D eigenvalue weighted by Gasteiger charge is -2.18. The molecule has 2 N–H and O–H groups in total. The second-order valence-corrected chi connectivity index (χ2v) is 5.95. The number of anilines is 1. The van der Waals surface area contributed by atoms with Crippen LogP contribution in [0.4, 0.5) is 11.5 Å². The molecule has 9 heteroatoms. The van der Waals surface area contributed by atoms with Crippen molar-refractivity contribution in [2.45, 2.75) is 13.3 Å². The summed E-state index contributed by atoms with van der Waals surface area (Å²) in [5, 5.41) is 11.9. The second-order valence-electron chi connectivity index (χ2n) is 5.13. The fourth-order valence-corrected chi connectivity index (χ4v) is 2.56. The van der Waals surface area contributed by atoms with Crippen molar-refractivity contribution in [3.8, 4) is 0 Å². The van der Waals surface area contributed by atoms with Crippen molar-refractivity contribution < 1.29 is 9.90 Å². The van der Waals surface area contributed by atoms with Gasteiger partial charge in [0.25, 0.3) is 0 Å². The van der Waals surface area contributed by atoms with Gasteiger partial charge in [0.15, 0.2) is 11.5 Å². The van der Waals surface area contributed by atoms with Gasteiger partial charge in [0.05, 0.1) is 15.7 Å². The Morgan fingerprint density at radius 1 is 1.29 bits per heavy atom. The number of aromatic nitrogens is 2. The number of hydrogen-bond donors (Lipinski definition) is 2. The first-order chi connectivity index (χ1) is 11.4. The van der Waals surface area contributed by atoms with Crippen LogP contribution in [0.1, 0.15) is 22.7 Å². The molecule has 1 aromatic heterocycles. The Bertz CT molecular complexity index is 841. The van der Waals surface area contributed by atoms with E-state index in [0.29, 0.717) is 40.5 Å². The molecule has 0 saturated carbocycles. The molecule has 0 amide bonds. The summed E-state index contributed by atoms with van der Waals surface area (Å²) in [5.41, 5.74) is 3.92. The highest BCUT2D eigenvalue weighted by Gasteiger charge is 2.19. The molecule has 124 valence electrons. The Labute approximate surface area is 147 Å². The highest BCUT2D eigenvalue weighted by atomic mass is 35.5. The summed E-state index contributed by atoms with van der Waals surface area (Å²) in [4.78, 5) is 23.4. The SMILES string of the molecule is Cc1nc(N=C2CCN(c3ccc(Cl)c(Cl)c3)N2)cc(C(=O)O)n1. The number of carboxylic acid groups (broad SMARTS) is 1. The third-order valence-corrected chi connectivity index (χ3v) is 4.08. The van der Waals surface area contributed by atoms with E-state index in [1.165, 1.54) is 6.07 Å². The largest absolute Gasteiger partial charge is 0.477 e. The van der Waals surface area contributed by atoms with Crippen molar-refractivity contribution in [2.24, 2.45) is 4.99 Å². The second kappa shape index (κ2) is 6.62. The molecule has 0 radical (unpaired) electrons. The molecular weight excluding hydrogens is 353 g/mol. The average Bonchev–Trinajstić information content (AvgIpc) is 2.98. The minimum Gasteiger partial charge on any atom is -0.477 e. The van der Waals surface area contributed by atoms with E-state index in [-0.39, 0.29) is 5.69 Å². The molecule has 3 rings (SSSR count). The summed E-state index contributed by atoms with van der Waals surface area (Å²) in [6.07, 6.45) is 0.658. The summed E-state index contributed by atoms with van der Waals surface area (Å²) in [6, 6.07) is 6.67. The molecule has 0 unspecified atom stereocenters. The monoisotopic (exact) mass is 365 g/mol. The topological polar surface area (TPSA) is 90.7 Å². The van der Waals surface area contributed by atoms with Crippen molar-refractivity contribution >= 4 is 46.5 Å². The van der Waals surface area contributed by atoms with Crippen LogP contribution in [0.3, 0.4) is 0 Å². The summed E-state index contributed by atoms with van der Waals surface area (Å²) in [6.45, 7) is 2.31. The normalized spacial score (nSPS) is 15.6. The molecule has 0 atom stereocenters. The van der Waals surface area contributed by atoms with Crippen LogP contribution < -0.4 is 10.4 Å². The van der Waals surface area contributed by atoms with Gasteiger partial charge in [-0.15, -0.1) is 0 Å². The molecule has 1 aliphatic rings. The predicted molar refractivity (Wildman–Crippen MR) is 92.4 cm³/mol. The van der Waals surface area contributed by atoms with Gasteiger partial charge in [-0.1, -0.05) is 23.2 Å². The number of halogens is 2. The van der Waals surface area contributed by atoms with Crippen LogP contribution >= 0.6 is 23.2 Å².